The summed E-state index contributed by atoms with van der Waals surface area (Å²) in [4.78, 5) is 3.25. The number of methoxy groups -OCH3 is 1. The Labute approximate surface area is 256 Å². The zero-order chi connectivity index (χ0) is 27.5. The van der Waals surface area contributed by atoms with Gasteiger partial charge in [-0.25, -0.2) is 11.6 Å². The molecule has 3 aromatic carbocycles. The van der Waals surface area contributed by atoms with Gasteiger partial charge >= 0.3 is 24.8 Å². The van der Waals surface area contributed by atoms with Gasteiger partial charge in [0.15, 0.2) is 0 Å². The fraction of sp³-hybridized carbons (Fsp3) is 0.303. The number of phenolic OH excluding ortho intramolecular Hbond substituents is 1. The molecule has 0 saturated heterocycles. The van der Waals surface area contributed by atoms with Crippen LogP contribution in [-0.4, -0.2) is 17.0 Å². The number of ether oxygens (including phenoxy) is 1. The molecule has 3 aromatic rings. The summed E-state index contributed by atoms with van der Waals surface area (Å²) in [6, 6.07) is 30.3. The van der Waals surface area contributed by atoms with Crippen molar-refractivity contribution < 1.29 is 29.8 Å². The van der Waals surface area contributed by atoms with Crippen LogP contribution >= 0.6 is 24.8 Å². The fourth-order valence-corrected chi connectivity index (χ4v) is 2.74. The van der Waals surface area contributed by atoms with Crippen molar-refractivity contribution in [1.82, 2.24) is 0 Å². The SMILES string of the molecule is CC(C)(C)C1=[C-]CC=C1.COc1cc(O)cc(C(C)(C)C)c1.Cl.Cl.[CH2]=[Ti].[c-]1ccccc1.[c-]1ccccc1. The first-order chi connectivity index (χ1) is 17.0. The summed E-state index contributed by atoms with van der Waals surface area (Å²) in [6.07, 6.45) is 8.63. The second-order valence-corrected chi connectivity index (χ2v) is 9.77. The van der Waals surface area contributed by atoms with Crippen LogP contribution in [-0.2, 0) is 25.4 Å². The quantitative estimate of drug-likeness (QED) is 0.226. The van der Waals surface area contributed by atoms with Crippen LogP contribution in [0.4, 0.5) is 0 Å². The first kappa shape index (κ1) is 40.4. The summed E-state index contributed by atoms with van der Waals surface area (Å²) in [5, 5.41) is 9.41. The van der Waals surface area contributed by atoms with E-state index in [0.717, 1.165) is 12.0 Å². The summed E-state index contributed by atoms with van der Waals surface area (Å²) in [7, 11) is 1.60. The van der Waals surface area contributed by atoms with Crippen molar-refractivity contribution in [2.24, 2.45) is 5.41 Å². The van der Waals surface area contributed by atoms with Crippen LogP contribution in [0.15, 0.2) is 96.6 Å². The van der Waals surface area contributed by atoms with Crippen molar-refractivity contribution >= 4 is 29.6 Å². The molecule has 208 valence electrons. The van der Waals surface area contributed by atoms with E-state index in [1.807, 2.05) is 66.7 Å². The Morgan fingerprint density at radius 3 is 1.47 bits per heavy atom. The third kappa shape index (κ3) is 19.9. The van der Waals surface area contributed by atoms with Crippen LogP contribution in [0, 0.1) is 23.6 Å². The maximum atomic E-state index is 9.41. The molecule has 0 unspecified atom stereocenters. The van der Waals surface area contributed by atoms with Crippen LogP contribution in [0.2, 0.25) is 0 Å². The molecule has 0 fully saturated rings. The predicted octanol–water partition coefficient (Wildman–Crippen LogP) is 9.20. The molecule has 5 heteroatoms. The van der Waals surface area contributed by atoms with E-state index in [2.05, 4.69) is 76.7 Å². The number of aromatic hydroxyl groups is 1. The largest absolute Gasteiger partial charge is 0.184 e. The Bertz CT molecular complexity index is 922. The Kier molecular flexibility index (Phi) is 24.3. The third-order valence-corrected chi connectivity index (χ3v) is 4.71. The number of allylic oxidation sites excluding steroid dienone is 4. The predicted molar refractivity (Wildman–Crippen MR) is 165 cm³/mol. The Morgan fingerprint density at radius 1 is 0.763 bits per heavy atom. The standard InChI is InChI=1S/C11H16O2.C9H13.2C6H5.CH2.2ClH.Ti/c1-11(2,3)8-5-9(12)7-10(6-8)13-4;1-9(2,3)8-6-4-5-7-8;2*1-2-4-6-5-3-1;;;;/h5-7,12H,1-4H3;4,6H,5H2,1-3H3;2*1-5H;1H2;2*1H;/q;3*-1;;;;. The van der Waals surface area contributed by atoms with Crippen LogP contribution in [0.25, 0.3) is 0 Å². The Balaban J connectivity index is -0.000000432. The molecule has 1 aliphatic rings. The molecule has 4 rings (SSSR count). The van der Waals surface area contributed by atoms with E-state index < -0.39 is 0 Å². The molecule has 0 saturated carbocycles. The summed E-state index contributed by atoms with van der Waals surface area (Å²) in [6.45, 7) is 12.9. The number of phenols is 1. The normalized spacial score (nSPS) is 10.8. The third-order valence-electron chi connectivity index (χ3n) is 4.71. The molecule has 0 heterocycles. The molecule has 2 nitrogen and oxygen atoms in total. The van der Waals surface area contributed by atoms with E-state index in [0.29, 0.717) is 11.2 Å². The molecule has 38 heavy (non-hydrogen) atoms. The van der Waals surface area contributed by atoms with Gasteiger partial charge in [0.2, 0.25) is 0 Å². The molecular weight excluding hydrogens is 547 g/mol. The molecule has 0 spiro atoms. The van der Waals surface area contributed by atoms with Crippen molar-refractivity contribution in [3.63, 3.8) is 0 Å². The zero-order valence-corrected chi connectivity index (χ0v) is 26.9. The van der Waals surface area contributed by atoms with Gasteiger partial charge in [0, 0.05) is 6.07 Å². The summed E-state index contributed by atoms with van der Waals surface area (Å²) >= 11 is 1.75. The van der Waals surface area contributed by atoms with Gasteiger partial charge in [-0.2, -0.15) is 78.9 Å². The monoisotopic (exact) mass is 589 g/mol. The van der Waals surface area contributed by atoms with Crippen molar-refractivity contribution in [1.29, 1.82) is 0 Å². The fourth-order valence-electron chi connectivity index (χ4n) is 2.74. The maximum absolute atomic E-state index is 9.41. The molecule has 1 aliphatic carbocycles. The Morgan fingerprint density at radius 2 is 1.24 bits per heavy atom. The smallest absolute Gasteiger partial charge is 0.171 e. The van der Waals surface area contributed by atoms with Gasteiger partial charge in [-0.05, 0) is 28.5 Å². The maximum Gasteiger partial charge on any atom is -0.171 e. The topological polar surface area (TPSA) is 29.5 Å². The zero-order valence-electron chi connectivity index (χ0n) is 23.7. The van der Waals surface area contributed by atoms with Crippen LogP contribution in [0.5, 0.6) is 11.5 Å². The molecule has 0 radical (unpaired) electrons. The molecule has 0 bridgehead atoms. The first-order valence-electron chi connectivity index (χ1n) is 11.9. The average Bonchev–Trinajstić information content (AvgIpc) is 3.44. The van der Waals surface area contributed by atoms with Gasteiger partial charge in [0.1, 0.15) is 11.5 Å². The van der Waals surface area contributed by atoms with E-state index in [1.165, 1.54) is 5.57 Å². The van der Waals surface area contributed by atoms with Gasteiger partial charge < -0.3 is 9.84 Å². The minimum Gasteiger partial charge on any atom is -0.184 e. The van der Waals surface area contributed by atoms with Gasteiger partial charge in [0.25, 0.3) is 0 Å². The molecular formula is C33H43Cl2O2Ti-3. The average molecular weight is 590 g/mol. The second kappa shape index (κ2) is 22.8. The minimum absolute atomic E-state index is 0. The molecule has 0 aliphatic heterocycles. The second-order valence-electron chi connectivity index (χ2n) is 9.77. The Hall–Kier alpha value is -2.10. The molecule has 0 atom stereocenters. The van der Waals surface area contributed by atoms with Crippen molar-refractivity contribution in [2.75, 3.05) is 7.11 Å². The summed E-state index contributed by atoms with van der Waals surface area (Å²) < 4.78 is 5.07. The summed E-state index contributed by atoms with van der Waals surface area (Å²) in [5.74, 6) is 0.953. The number of hydrogen-bond acceptors (Lipinski definition) is 2. The van der Waals surface area contributed by atoms with Crippen molar-refractivity contribution in [3.05, 3.63) is 120 Å². The van der Waals surface area contributed by atoms with E-state index in [1.54, 1.807) is 39.2 Å². The summed E-state index contributed by atoms with van der Waals surface area (Å²) in [5.41, 5.74) is 2.76. The van der Waals surface area contributed by atoms with Gasteiger partial charge in [-0.3, -0.25) is 6.08 Å². The van der Waals surface area contributed by atoms with Gasteiger partial charge in [0.05, 0.1) is 7.11 Å². The van der Waals surface area contributed by atoms with Crippen LogP contribution < -0.4 is 4.74 Å². The minimum atomic E-state index is 0. The van der Waals surface area contributed by atoms with Crippen LogP contribution in [0.1, 0.15) is 53.5 Å². The van der Waals surface area contributed by atoms with E-state index in [4.69, 9.17) is 4.74 Å². The number of hydrogen-bond donors (Lipinski definition) is 1. The molecule has 0 amide bonds. The van der Waals surface area contributed by atoms with E-state index >= 15 is 0 Å². The number of rotatable bonds is 1. The van der Waals surface area contributed by atoms with Gasteiger partial charge in [-0.15, -0.1) is 31.2 Å². The number of halogens is 2. The van der Waals surface area contributed by atoms with E-state index in [-0.39, 0.29) is 36.0 Å². The molecule has 1 N–H and O–H groups in total. The first-order valence-corrected chi connectivity index (χ1v) is 13.0. The van der Waals surface area contributed by atoms with Gasteiger partial charge in [-0.1, -0.05) is 41.5 Å². The van der Waals surface area contributed by atoms with Crippen molar-refractivity contribution in [3.8, 4) is 11.5 Å². The van der Waals surface area contributed by atoms with Crippen LogP contribution in [0.3, 0.4) is 0 Å². The molecule has 0 aromatic heterocycles. The van der Waals surface area contributed by atoms with E-state index in [9.17, 15) is 5.11 Å². The van der Waals surface area contributed by atoms with Crippen molar-refractivity contribution in [2.45, 2.75) is 53.4 Å². The number of benzene rings is 3.